The number of nitrogens with zero attached hydrogens (tertiary/aromatic N) is 4. The fraction of sp³-hybridized carbons (Fsp3) is 0.738. The molecule has 3 aliphatic rings. The molecule has 1 aromatic rings. The molecule has 1 aromatic carbocycles. The molecule has 2 aliphatic heterocycles. The molecule has 13 nitrogen and oxygen atoms in total. The number of benzene rings is 1. The second kappa shape index (κ2) is 20.6. The van der Waals surface area contributed by atoms with Gasteiger partial charge in [0, 0.05) is 33.9 Å². The highest BCUT2D eigenvalue weighted by Crippen LogP contribution is 2.42. The SMILES string of the molecule is CC[C@H](C)[C@@H]([C@@H](CC(=O)N1CCC[C@H]1[C@H](OC)[C@@H](C)C(=O)N[C@H](CO)Cc1ccccc1)OC)N(C)C(=O)[C@@H](NC(=O)[C@@H]1[C@H]2CC[C@H](C2)N1CC#N)C(C)C. The van der Waals surface area contributed by atoms with Crippen LogP contribution < -0.4 is 10.6 Å². The average molecular weight is 767 g/mol. The maximum atomic E-state index is 14.4. The Hall–Kier alpha value is -3.57. The normalized spacial score (nSPS) is 24.7. The summed E-state index contributed by atoms with van der Waals surface area (Å²) in [4.78, 5) is 61.4. The van der Waals surface area contributed by atoms with E-state index < -0.39 is 42.3 Å². The maximum Gasteiger partial charge on any atom is 0.245 e. The van der Waals surface area contributed by atoms with E-state index in [4.69, 9.17) is 9.47 Å². The lowest BCUT2D eigenvalue weighted by atomic mass is 9.89. The lowest BCUT2D eigenvalue weighted by Crippen LogP contribution is -2.60. The van der Waals surface area contributed by atoms with Crippen LogP contribution in [-0.2, 0) is 35.1 Å². The van der Waals surface area contributed by atoms with Crippen molar-refractivity contribution in [3.63, 3.8) is 0 Å². The fourth-order valence-electron chi connectivity index (χ4n) is 9.42. The second-order valence-corrected chi connectivity index (χ2v) is 16.4. The van der Waals surface area contributed by atoms with Crippen LogP contribution in [0, 0.1) is 35.0 Å². The number of carbonyl (C=O) groups is 4. The summed E-state index contributed by atoms with van der Waals surface area (Å²) in [6, 6.07) is 9.63. The van der Waals surface area contributed by atoms with Crippen molar-refractivity contribution in [1.82, 2.24) is 25.3 Å². The summed E-state index contributed by atoms with van der Waals surface area (Å²) in [5.41, 5.74) is 1.00. The number of amides is 4. The zero-order chi connectivity index (χ0) is 40.4. The van der Waals surface area contributed by atoms with E-state index in [1.807, 2.05) is 62.9 Å². The van der Waals surface area contributed by atoms with Crippen molar-refractivity contribution in [1.29, 1.82) is 5.26 Å². The Morgan fingerprint density at radius 3 is 2.35 bits per heavy atom. The predicted octanol–water partition coefficient (Wildman–Crippen LogP) is 3.14. The van der Waals surface area contributed by atoms with E-state index in [-0.39, 0.29) is 73.0 Å². The molecule has 3 fully saturated rings. The second-order valence-electron chi connectivity index (χ2n) is 16.4. The van der Waals surface area contributed by atoms with Crippen LogP contribution >= 0.6 is 0 Å². The van der Waals surface area contributed by atoms with Crippen LogP contribution in [0.5, 0.6) is 0 Å². The van der Waals surface area contributed by atoms with Crippen molar-refractivity contribution < 1.29 is 33.8 Å². The van der Waals surface area contributed by atoms with Gasteiger partial charge in [-0.25, -0.2) is 0 Å². The number of ether oxygens (including phenoxy) is 2. The fourth-order valence-corrected chi connectivity index (χ4v) is 9.42. The summed E-state index contributed by atoms with van der Waals surface area (Å²) in [7, 11) is 4.85. The molecule has 306 valence electrons. The van der Waals surface area contributed by atoms with Crippen molar-refractivity contribution >= 4 is 23.6 Å². The standard InChI is InChI=1S/C42H66N6O7/c1-9-27(4)37(46(6)42(53)36(26(2)3)45-41(52)38-30-17-18-32(23-30)47(38)21-19-43)34(54-7)24-35(50)48-20-13-16-33(48)39(55-8)28(5)40(51)44-31(25-49)22-29-14-11-10-12-15-29/h10-12,14-15,26-28,30-34,36-39,49H,9,13,16-18,20-25H2,1-8H3,(H,44,51)(H,45,52)/t27-,28+,30-,31-,32+,33-,34+,36-,37-,38-,39+/m0/s1. The molecule has 2 bridgehead atoms. The third-order valence-corrected chi connectivity index (χ3v) is 12.6. The first-order valence-corrected chi connectivity index (χ1v) is 20.3. The minimum atomic E-state index is -0.795. The molecule has 2 heterocycles. The quantitative estimate of drug-likeness (QED) is 0.169. The van der Waals surface area contributed by atoms with Crippen molar-refractivity contribution in [2.24, 2.45) is 23.7 Å². The Labute approximate surface area is 328 Å². The molecule has 2 saturated heterocycles. The highest BCUT2D eigenvalue weighted by Gasteiger charge is 2.50. The molecule has 0 unspecified atom stereocenters. The average Bonchev–Trinajstić information content (AvgIpc) is 3.94. The Kier molecular flexibility index (Phi) is 16.5. The first kappa shape index (κ1) is 44.1. The number of nitriles is 1. The molecule has 1 saturated carbocycles. The van der Waals surface area contributed by atoms with E-state index in [2.05, 4.69) is 16.7 Å². The molecule has 1 aliphatic carbocycles. The Morgan fingerprint density at radius 2 is 1.75 bits per heavy atom. The number of methoxy groups -OCH3 is 2. The van der Waals surface area contributed by atoms with Gasteiger partial charge in [0.05, 0.1) is 67.9 Å². The first-order valence-electron chi connectivity index (χ1n) is 20.3. The topological polar surface area (TPSA) is 165 Å². The number of likely N-dealkylation sites (N-methyl/N-ethyl adjacent to an activating group) is 1. The van der Waals surface area contributed by atoms with E-state index in [0.717, 1.165) is 37.7 Å². The van der Waals surface area contributed by atoms with Crippen LogP contribution in [0.1, 0.15) is 85.1 Å². The van der Waals surface area contributed by atoms with Crippen molar-refractivity contribution in [2.45, 2.75) is 134 Å². The largest absolute Gasteiger partial charge is 0.394 e. The van der Waals surface area contributed by atoms with Crippen LogP contribution in [0.25, 0.3) is 0 Å². The maximum absolute atomic E-state index is 14.4. The lowest BCUT2D eigenvalue weighted by molar-refractivity contribution is -0.148. The van der Waals surface area contributed by atoms with Crippen molar-refractivity contribution in [2.75, 3.05) is 41.0 Å². The van der Waals surface area contributed by atoms with Crippen LogP contribution in [0.3, 0.4) is 0 Å². The van der Waals surface area contributed by atoms with E-state index in [0.29, 0.717) is 19.4 Å². The minimum absolute atomic E-state index is 0.0211. The van der Waals surface area contributed by atoms with Gasteiger partial charge in [-0.05, 0) is 61.8 Å². The monoisotopic (exact) mass is 766 g/mol. The third-order valence-electron chi connectivity index (χ3n) is 12.6. The molecule has 55 heavy (non-hydrogen) atoms. The Balaban J connectivity index is 1.45. The molecular formula is C42H66N6O7. The molecule has 0 aromatic heterocycles. The number of hydrogen-bond donors (Lipinski definition) is 3. The van der Waals surface area contributed by atoms with Gasteiger partial charge in [0.25, 0.3) is 0 Å². The van der Waals surface area contributed by atoms with Crippen LogP contribution in [-0.4, -0.2) is 133 Å². The number of fused-ring (bicyclic) bond motifs is 2. The van der Waals surface area contributed by atoms with Gasteiger partial charge in [0.1, 0.15) is 6.04 Å². The van der Waals surface area contributed by atoms with Crippen LogP contribution in [0.4, 0.5) is 0 Å². The number of rotatable bonds is 20. The zero-order valence-corrected chi connectivity index (χ0v) is 34.3. The van der Waals surface area contributed by atoms with Gasteiger partial charge in [-0.3, -0.25) is 24.1 Å². The first-order chi connectivity index (χ1) is 26.3. The molecule has 11 atom stereocenters. The summed E-state index contributed by atoms with van der Waals surface area (Å²) in [6.07, 6.45) is 4.28. The Bertz CT molecular complexity index is 1470. The number of nitrogens with one attached hydrogen (secondary N) is 2. The van der Waals surface area contributed by atoms with E-state index in [1.165, 1.54) is 0 Å². The van der Waals surface area contributed by atoms with Crippen molar-refractivity contribution in [3.8, 4) is 6.07 Å². The summed E-state index contributed by atoms with van der Waals surface area (Å²) >= 11 is 0. The number of carbonyl (C=O) groups excluding carboxylic acids is 4. The number of aliphatic hydroxyl groups excluding tert-OH is 1. The molecule has 13 heteroatoms. The molecule has 3 N–H and O–H groups in total. The highest BCUT2D eigenvalue weighted by molar-refractivity contribution is 5.90. The molecule has 0 spiro atoms. The lowest BCUT2D eigenvalue weighted by Gasteiger charge is -2.41. The zero-order valence-electron chi connectivity index (χ0n) is 34.3. The van der Waals surface area contributed by atoms with Gasteiger partial charge in [-0.2, -0.15) is 5.26 Å². The van der Waals surface area contributed by atoms with Gasteiger partial charge < -0.3 is 35.0 Å². The number of piperidine rings is 1. The summed E-state index contributed by atoms with van der Waals surface area (Å²) in [5, 5.41) is 25.6. The van der Waals surface area contributed by atoms with Gasteiger partial charge in [0.15, 0.2) is 0 Å². The van der Waals surface area contributed by atoms with Gasteiger partial charge in [-0.15, -0.1) is 0 Å². The van der Waals surface area contributed by atoms with E-state index in [9.17, 15) is 29.5 Å². The molecule has 4 rings (SSSR count). The smallest absolute Gasteiger partial charge is 0.245 e. The van der Waals surface area contributed by atoms with E-state index >= 15 is 0 Å². The van der Waals surface area contributed by atoms with Crippen LogP contribution in [0.15, 0.2) is 30.3 Å². The van der Waals surface area contributed by atoms with Gasteiger partial charge in [-0.1, -0.05) is 71.4 Å². The molecular weight excluding hydrogens is 700 g/mol. The number of likely N-dealkylation sites (tertiary alicyclic amines) is 2. The number of hydrogen-bond acceptors (Lipinski definition) is 9. The Morgan fingerprint density at radius 1 is 1.04 bits per heavy atom. The summed E-state index contributed by atoms with van der Waals surface area (Å²) in [5.74, 6) is -1.51. The molecule has 0 radical (unpaired) electrons. The van der Waals surface area contributed by atoms with Crippen LogP contribution in [0.2, 0.25) is 0 Å². The number of aliphatic hydroxyl groups is 1. The molecule has 4 amide bonds. The van der Waals surface area contributed by atoms with Crippen molar-refractivity contribution in [3.05, 3.63) is 35.9 Å². The van der Waals surface area contributed by atoms with Gasteiger partial charge >= 0.3 is 0 Å². The highest BCUT2D eigenvalue weighted by atomic mass is 16.5. The summed E-state index contributed by atoms with van der Waals surface area (Å²) in [6.45, 7) is 10.2. The minimum Gasteiger partial charge on any atom is -0.394 e. The van der Waals surface area contributed by atoms with Gasteiger partial charge in [0.2, 0.25) is 23.6 Å². The third kappa shape index (κ3) is 10.4. The van der Waals surface area contributed by atoms with E-state index in [1.54, 1.807) is 38.0 Å². The summed E-state index contributed by atoms with van der Waals surface area (Å²) < 4.78 is 12.0. The predicted molar refractivity (Wildman–Crippen MR) is 209 cm³/mol.